The zero-order valence-electron chi connectivity index (χ0n) is 18.9. The summed E-state index contributed by atoms with van der Waals surface area (Å²) in [6.45, 7) is 1.84. The van der Waals surface area contributed by atoms with E-state index in [1.807, 2.05) is 49.4 Å². The summed E-state index contributed by atoms with van der Waals surface area (Å²) < 4.78 is 0. The topological polar surface area (TPSA) is 119 Å². The molecule has 0 saturated carbocycles. The molecule has 1 aromatic heterocycles. The zero-order valence-corrected chi connectivity index (χ0v) is 18.9. The number of fused-ring (bicyclic) bond motifs is 1. The molecule has 0 aliphatic carbocycles. The van der Waals surface area contributed by atoms with Crippen molar-refractivity contribution in [3.63, 3.8) is 0 Å². The average molecular weight is 466 g/mol. The SMILES string of the molecule is Cc1cc(C(=O)Nc2cccc(Cc3ccc4c(c3)C(C=Nc3cccc(O)c3)C(=O)N4)c2)n[nH]1. The molecule has 3 aromatic carbocycles. The van der Waals surface area contributed by atoms with Gasteiger partial charge in [-0.2, -0.15) is 5.10 Å². The molecule has 174 valence electrons. The molecule has 0 radical (unpaired) electrons. The van der Waals surface area contributed by atoms with E-state index in [1.165, 1.54) is 0 Å². The number of carbonyl (C=O) groups is 2. The molecule has 0 spiro atoms. The Morgan fingerprint density at radius 3 is 2.71 bits per heavy atom. The van der Waals surface area contributed by atoms with E-state index in [0.717, 1.165) is 28.1 Å². The molecule has 1 aliphatic rings. The standard InChI is InChI=1S/C27H23N5O3/c1-16-10-25(32-31-16)27(35)29-20-6-2-4-17(12-20)11-18-8-9-24-22(13-18)23(26(34)30-24)15-28-19-5-3-7-21(33)14-19/h2-10,12-15,23,33H,11H2,1H3,(H,29,35)(H,30,34)(H,31,32). The minimum Gasteiger partial charge on any atom is -0.508 e. The molecule has 0 bridgehead atoms. The average Bonchev–Trinajstić information content (AvgIpc) is 3.40. The zero-order chi connectivity index (χ0) is 24.4. The highest BCUT2D eigenvalue weighted by Gasteiger charge is 2.29. The number of aromatic nitrogens is 2. The molecular formula is C27H23N5O3. The molecule has 5 rings (SSSR count). The lowest BCUT2D eigenvalue weighted by Gasteiger charge is -2.09. The van der Waals surface area contributed by atoms with Crippen molar-refractivity contribution in [2.45, 2.75) is 19.3 Å². The van der Waals surface area contributed by atoms with E-state index in [4.69, 9.17) is 0 Å². The number of H-pyrrole nitrogens is 1. The number of benzene rings is 3. The number of nitrogens with one attached hydrogen (secondary N) is 3. The van der Waals surface area contributed by atoms with Crippen LogP contribution in [0.5, 0.6) is 5.75 Å². The number of carbonyl (C=O) groups excluding carboxylic acids is 2. The number of amides is 2. The fraction of sp³-hybridized carbons (Fsp3) is 0.111. The van der Waals surface area contributed by atoms with Crippen LogP contribution >= 0.6 is 0 Å². The van der Waals surface area contributed by atoms with E-state index in [-0.39, 0.29) is 17.6 Å². The van der Waals surface area contributed by atoms with Gasteiger partial charge in [-0.05, 0) is 66.4 Å². The van der Waals surface area contributed by atoms with Crippen LogP contribution in [0.4, 0.5) is 17.1 Å². The van der Waals surface area contributed by atoms with Crippen molar-refractivity contribution < 1.29 is 14.7 Å². The minimum absolute atomic E-state index is 0.121. The maximum absolute atomic E-state index is 12.6. The van der Waals surface area contributed by atoms with Crippen LogP contribution in [0.25, 0.3) is 0 Å². The molecule has 0 saturated heterocycles. The van der Waals surface area contributed by atoms with E-state index in [0.29, 0.717) is 23.5 Å². The Balaban J connectivity index is 1.33. The first-order valence-electron chi connectivity index (χ1n) is 11.1. The number of hydrogen-bond acceptors (Lipinski definition) is 5. The number of hydrogen-bond donors (Lipinski definition) is 4. The van der Waals surface area contributed by atoms with Gasteiger partial charge >= 0.3 is 0 Å². The van der Waals surface area contributed by atoms with Crippen LogP contribution in [0.15, 0.2) is 77.8 Å². The molecule has 1 aliphatic heterocycles. The molecule has 2 heterocycles. The summed E-state index contributed by atoms with van der Waals surface area (Å²) >= 11 is 0. The van der Waals surface area contributed by atoms with Crippen LogP contribution < -0.4 is 10.6 Å². The number of phenols is 1. The first-order chi connectivity index (χ1) is 16.9. The third-order valence-corrected chi connectivity index (χ3v) is 5.73. The molecule has 35 heavy (non-hydrogen) atoms. The summed E-state index contributed by atoms with van der Waals surface area (Å²) in [5.41, 5.74) is 6.08. The van der Waals surface area contributed by atoms with Gasteiger partial charge in [0.25, 0.3) is 5.91 Å². The molecule has 4 aromatic rings. The number of aromatic amines is 1. The third kappa shape index (κ3) is 4.96. The highest BCUT2D eigenvalue weighted by molar-refractivity contribution is 6.12. The Labute approximate surface area is 201 Å². The Morgan fingerprint density at radius 2 is 1.91 bits per heavy atom. The number of phenolic OH excluding ortho intramolecular Hbond substituents is 1. The van der Waals surface area contributed by atoms with Gasteiger partial charge in [-0.25, -0.2) is 0 Å². The molecule has 8 heteroatoms. The summed E-state index contributed by atoms with van der Waals surface area (Å²) in [7, 11) is 0. The van der Waals surface area contributed by atoms with Gasteiger partial charge in [0.2, 0.25) is 5.91 Å². The van der Waals surface area contributed by atoms with E-state index in [9.17, 15) is 14.7 Å². The van der Waals surface area contributed by atoms with Crippen molar-refractivity contribution in [1.82, 2.24) is 10.2 Å². The van der Waals surface area contributed by atoms with Gasteiger partial charge in [0.1, 0.15) is 11.7 Å². The largest absolute Gasteiger partial charge is 0.508 e. The molecular weight excluding hydrogens is 442 g/mol. The first kappa shape index (κ1) is 22.1. The number of aryl methyl sites for hydroxylation is 1. The highest BCUT2D eigenvalue weighted by Crippen LogP contribution is 2.33. The summed E-state index contributed by atoms with van der Waals surface area (Å²) in [5.74, 6) is -0.812. The highest BCUT2D eigenvalue weighted by atomic mass is 16.3. The fourth-order valence-electron chi connectivity index (χ4n) is 4.05. The Kier molecular flexibility index (Phi) is 5.85. The van der Waals surface area contributed by atoms with Crippen molar-refractivity contribution in [2.24, 2.45) is 4.99 Å². The second-order valence-corrected chi connectivity index (χ2v) is 8.45. The number of nitrogens with zero attached hydrogens (tertiary/aromatic N) is 2. The number of aromatic hydroxyl groups is 1. The molecule has 2 amide bonds. The van der Waals surface area contributed by atoms with Crippen molar-refractivity contribution in [3.05, 3.63) is 101 Å². The second-order valence-electron chi connectivity index (χ2n) is 8.45. The lowest BCUT2D eigenvalue weighted by atomic mass is 9.96. The second kappa shape index (κ2) is 9.26. The Hall–Kier alpha value is -4.72. The minimum atomic E-state index is -0.518. The quantitative estimate of drug-likeness (QED) is 0.308. The van der Waals surface area contributed by atoms with Crippen LogP contribution in [0.3, 0.4) is 0 Å². The maximum Gasteiger partial charge on any atom is 0.276 e. The van der Waals surface area contributed by atoms with E-state index >= 15 is 0 Å². The fourth-order valence-corrected chi connectivity index (χ4v) is 4.05. The van der Waals surface area contributed by atoms with E-state index < -0.39 is 5.92 Å². The van der Waals surface area contributed by atoms with Crippen LogP contribution in [0.2, 0.25) is 0 Å². The smallest absolute Gasteiger partial charge is 0.276 e. The van der Waals surface area contributed by atoms with Gasteiger partial charge in [-0.15, -0.1) is 0 Å². The van der Waals surface area contributed by atoms with Crippen molar-refractivity contribution in [3.8, 4) is 5.75 Å². The lowest BCUT2D eigenvalue weighted by molar-refractivity contribution is -0.115. The van der Waals surface area contributed by atoms with Crippen LogP contribution in [0.1, 0.15) is 38.8 Å². The summed E-state index contributed by atoms with van der Waals surface area (Å²) in [4.78, 5) is 29.4. The summed E-state index contributed by atoms with van der Waals surface area (Å²) in [6.07, 6.45) is 2.23. The number of anilines is 2. The van der Waals surface area contributed by atoms with Gasteiger partial charge in [0.05, 0.1) is 5.69 Å². The molecule has 1 atom stereocenters. The third-order valence-electron chi connectivity index (χ3n) is 5.73. The number of aliphatic imine (C=N–C) groups is 1. The van der Waals surface area contributed by atoms with E-state index in [2.05, 4.69) is 25.8 Å². The predicted molar refractivity (Wildman–Crippen MR) is 135 cm³/mol. The van der Waals surface area contributed by atoms with Gasteiger partial charge in [0.15, 0.2) is 5.69 Å². The van der Waals surface area contributed by atoms with Crippen molar-refractivity contribution >= 4 is 35.1 Å². The van der Waals surface area contributed by atoms with Gasteiger partial charge < -0.3 is 15.7 Å². The summed E-state index contributed by atoms with van der Waals surface area (Å²) in [6, 6.07) is 21.8. The molecule has 1 unspecified atom stereocenters. The van der Waals surface area contributed by atoms with Crippen LogP contribution in [-0.2, 0) is 11.2 Å². The predicted octanol–water partition coefficient (Wildman–Crippen LogP) is 4.71. The Bertz CT molecular complexity index is 1460. The molecule has 0 fully saturated rings. The summed E-state index contributed by atoms with van der Waals surface area (Å²) in [5, 5.41) is 22.2. The monoisotopic (exact) mass is 465 g/mol. The first-order valence-corrected chi connectivity index (χ1v) is 11.1. The van der Waals surface area contributed by atoms with Crippen molar-refractivity contribution in [1.29, 1.82) is 0 Å². The maximum atomic E-state index is 12.6. The number of rotatable bonds is 6. The van der Waals surface area contributed by atoms with Crippen molar-refractivity contribution in [2.75, 3.05) is 10.6 Å². The lowest BCUT2D eigenvalue weighted by Crippen LogP contribution is -2.12. The van der Waals surface area contributed by atoms with Gasteiger partial charge in [-0.1, -0.05) is 30.3 Å². The van der Waals surface area contributed by atoms with Crippen LogP contribution in [0, 0.1) is 6.92 Å². The van der Waals surface area contributed by atoms with Crippen LogP contribution in [-0.4, -0.2) is 33.3 Å². The molecule has 4 N–H and O–H groups in total. The molecule has 8 nitrogen and oxygen atoms in total. The van der Waals surface area contributed by atoms with Gasteiger partial charge in [0, 0.05) is 29.3 Å². The normalized spacial score (nSPS) is 14.7. The Morgan fingerprint density at radius 1 is 1.09 bits per heavy atom. The van der Waals surface area contributed by atoms with E-state index in [1.54, 1.807) is 36.5 Å². The van der Waals surface area contributed by atoms with Gasteiger partial charge in [-0.3, -0.25) is 19.7 Å².